The molecule has 0 bridgehead atoms. The number of anilines is 2. The molecular weight excluding hydrogens is 218 g/mol. The lowest BCUT2D eigenvalue weighted by atomic mass is 9.98. The molecule has 1 saturated heterocycles. The van der Waals surface area contributed by atoms with E-state index in [9.17, 15) is 4.79 Å². The highest BCUT2D eigenvalue weighted by Gasteiger charge is 2.27. The molecule has 0 aliphatic carbocycles. The van der Waals surface area contributed by atoms with E-state index in [2.05, 4.69) is 4.98 Å². The van der Waals surface area contributed by atoms with Crippen LogP contribution in [0.3, 0.4) is 0 Å². The van der Waals surface area contributed by atoms with Crippen LogP contribution in [-0.2, 0) is 4.79 Å². The number of nitrogen functional groups attached to an aromatic ring is 1. The Morgan fingerprint density at radius 1 is 1.65 bits per heavy atom. The molecule has 0 spiro atoms. The lowest BCUT2D eigenvalue weighted by Gasteiger charge is -2.32. The van der Waals surface area contributed by atoms with Crippen molar-refractivity contribution in [3.63, 3.8) is 0 Å². The van der Waals surface area contributed by atoms with Crippen LogP contribution in [0.5, 0.6) is 0 Å². The minimum atomic E-state index is -0.735. The molecule has 1 aromatic rings. The Morgan fingerprint density at radius 2 is 2.41 bits per heavy atom. The molecule has 0 radical (unpaired) electrons. The Kier molecular flexibility index (Phi) is 3.17. The summed E-state index contributed by atoms with van der Waals surface area (Å²) in [5, 5.41) is 9.05. The molecule has 1 aliphatic rings. The lowest BCUT2D eigenvalue weighted by Crippen LogP contribution is -2.39. The van der Waals surface area contributed by atoms with Crippen molar-refractivity contribution in [3.05, 3.63) is 17.8 Å². The van der Waals surface area contributed by atoms with Crippen LogP contribution in [0.4, 0.5) is 11.5 Å². The molecule has 5 heteroatoms. The number of piperidine rings is 1. The number of hydrogen-bond acceptors (Lipinski definition) is 4. The number of carboxylic acids is 1. The van der Waals surface area contributed by atoms with E-state index in [0.717, 1.165) is 30.8 Å². The second-order valence-electron chi connectivity index (χ2n) is 4.49. The number of aryl methyl sites for hydroxylation is 1. The fraction of sp³-hybridized carbons (Fsp3) is 0.500. The first-order valence-electron chi connectivity index (χ1n) is 5.78. The van der Waals surface area contributed by atoms with Crippen LogP contribution in [0, 0.1) is 12.8 Å². The number of nitrogens with zero attached hydrogens (tertiary/aromatic N) is 2. The summed E-state index contributed by atoms with van der Waals surface area (Å²) in [6.07, 6.45) is 3.31. The molecular formula is C12H17N3O2. The summed E-state index contributed by atoms with van der Waals surface area (Å²) in [5.41, 5.74) is 7.61. The van der Waals surface area contributed by atoms with Crippen molar-refractivity contribution >= 4 is 17.5 Å². The Labute approximate surface area is 100 Å². The van der Waals surface area contributed by atoms with Gasteiger partial charge in [0.25, 0.3) is 0 Å². The zero-order valence-electron chi connectivity index (χ0n) is 9.89. The van der Waals surface area contributed by atoms with Gasteiger partial charge in [0, 0.05) is 19.3 Å². The summed E-state index contributed by atoms with van der Waals surface area (Å²) in [7, 11) is 0. The van der Waals surface area contributed by atoms with Crippen LogP contribution in [-0.4, -0.2) is 29.1 Å². The summed E-state index contributed by atoms with van der Waals surface area (Å²) in [6, 6.07) is 1.86. The van der Waals surface area contributed by atoms with Gasteiger partial charge in [-0.05, 0) is 31.4 Å². The number of aromatic nitrogens is 1. The number of pyridine rings is 1. The van der Waals surface area contributed by atoms with E-state index in [0.29, 0.717) is 12.2 Å². The van der Waals surface area contributed by atoms with Crippen molar-refractivity contribution in [1.82, 2.24) is 4.98 Å². The lowest BCUT2D eigenvalue weighted by molar-refractivity contribution is -0.141. The number of hydrogen-bond donors (Lipinski definition) is 2. The van der Waals surface area contributed by atoms with Crippen molar-refractivity contribution in [3.8, 4) is 0 Å². The van der Waals surface area contributed by atoms with Gasteiger partial charge in [0.15, 0.2) is 5.82 Å². The van der Waals surface area contributed by atoms with Crippen LogP contribution < -0.4 is 10.6 Å². The van der Waals surface area contributed by atoms with E-state index in [1.54, 1.807) is 6.20 Å². The first kappa shape index (κ1) is 11.7. The number of nitrogens with two attached hydrogens (primary N) is 1. The van der Waals surface area contributed by atoms with Gasteiger partial charge in [-0.1, -0.05) is 0 Å². The van der Waals surface area contributed by atoms with E-state index in [4.69, 9.17) is 10.8 Å². The first-order chi connectivity index (χ1) is 8.09. The van der Waals surface area contributed by atoms with Gasteiger partial charge in [0.1, 0.15) is 0 Å². The van der Waals surface area contributed by atoms with Crippen LogP contribution in [0.1, 0.15) is 18.4 Å². The summed E-state index contributed by atoms with van der Waals surface area (Å²) >= 11 is 0. The first-order valence-corrected chi connectivity index (χ1v) is 5.78. The minimum absolute atomic E-state index is 0.314. The van der Waals surface area contributed by atoms with Crippen molar-refractivity contribution < 1.29 is 9.90 Å². The highest BCUT2D eigenvalue weighted by Crippen LogP contribution is 2.27. The third kappa shape index (κ3) is 2.33. The van der Waals surface area contributed by atoms with Gasteiger partial charge in [0.05, 0.1) is 11.6 Å². The van der Waals surface area contributed by atoms with Crippen LogP contribution in [0.25, 0.3) is 0 Å². The maximum Gasteiger partial charge on any atom is 0.308 e. The third-order valence-corrected chi connectivity index (χ3v) is 3.26. The molecule has 3 N–H and O–H groups in total. The van der Waals surface area contributed by atoms with Gasteiger partial charge in [0.2, 0.25) is 0 Å². The summed E-state index contributed by atoms with van der Waals surface area (Å²) in [6.45, 7) is 3.25. The summed E-state index contributed by atoms with van der Waals surface area (Å²) in [5.74, 6) is -0.331. The molecule has 17 heavy (non-hydrogen) atoms. The normalized spacial score (nSPS) is 20.3. The molecule has 1 fully saturated rings. The molecule has 1 atom stereocenters. The number of aliphatic carboxylic acids is 1. The molecule has 1 aromatic heterocycles. The summed E-state index contributed by atoms with van der Waals surface area (Å²) in [4.78, 5) is 17.2. The third-order valence-electron chi connectivity index (χ3n) is 3.26. The highest BCUT2D eigenvalue weighted by molar-refractivity contribution is 5.72. The van der Waals surface area contributed by atoms with Crippen LogP contribution >= 0.6 is 0 Å². The van der Waals surface area contributed by atoms with Crippen molar-refractivity contribution in [2.75, 3.05) is 23.7 Å². The topological polar surface area (TPSA) is 79.5 Å². The Hall–Kier alpha value is -1.78. The zero-order valence-corrected chi connectivity index (χ0v) is 9.89. The van der Waals surface area contributed by atoms with Crippen LogP contribution in [0.15, 0.2) is 12.3 Å². The monoisotopic (exact) mass is 235 g/mol. The average molecular weight is 235 g/mol. The minimum Gasteiger partial charge on any atom is -0.481 e. The molecule has 2 heterocycles. The average Bonchev–Trinajstić information content (AvgIpc) is 2.33. The molecule has 92 valence electrons. The van der Waals surface area contributed by atoms with E-state index < -0.39 is 5.97 Å². The fourth-order valence-electron chi connectivity index (χ4n) is 2.18. The molecule has 5 nitrogen and oxygen atoms in total. The van der Waals surface area contributed by atoms with Gasteiger partial charge >= 0.3 is 5.97 Å². The standard InChI is InChI=1S/C12H17N3O2/c1-8-4-5-14-11(10(8)13)15-6-2-3-9(7-15)12(16)17/h4-5,9H,2-3,6-7,13H2,1H3,(H,16,17). The van der Waals surface area contributed by atoms with E-state index in [1.165, 1.54) is 0 Å². The van der Waals surface area contributed by atoms with Gasteiger partial charge < -0.3 is 15.7 Å². The predicted octanol–water partition coefficient (Wildman–Crippen LogP) is 1.27. The largest absolute Gasteiger partial charge is 0.481 e. The molecule has 0 saturated carbocycles. The zero-order chi connectivity index (χ0) is 12.4. The predicted molar refractivity (Wildman–Crippen MR) is 66.0 cm³/mol. The van der Waals surface area contributed by atoms with E-state index >= 15 is 0 Å². The number of carboxylic acid groups (broad SMARTS) is 1. The van der Waals surface area contributed by atoms with Gasteiger partial charge in [-0.2, -0.15) is 0 Å². The molecule has 2 rings (SSSR count). The number of rotatable bonds is 2. The molecule has 0 amide bonds. The van der Waals surface area contributed by atoms with Gasteiger partial charge in [-0.25, -0.2) is 4.98 Å². The quantitative estimate of drug-likeness (QED) is 0.807. The molecule has 1 unspecified atom stereocenters. The van der Waals surface area contributed by atoms with Crippen molar-refractivity contribution in [2.24, 2.45) is 5.92 Å². The Morgan fingerprint density at radius 3 is 3.12 bits per heavy atom. The molecule has 1 aliphatic heterocycles. The SMILES string of the molecule is Cc1ccnc(N2CCCC(C(=O)O)C2)c1N. The maximum atomic E-state index is 11.0. The maximum absolute atomic E-state index is 11.0. The van der Waals surface area contributed by atoms with Gasteiger partial charge in [-0.15, -0.1) is 0 Å². The Balaban J connectivity index is 2.22. The highest BCUT2D eigenvalue weighted by atomic mass is 16.4. The second kappa shape index (κ2) is 4.61. The fourth-order valence-corrected chi connectivity index (χ4v) is 2.18. The van der Waals surface area contributed by atoms with Crippen LogP contribution in [0.2, 0.25) is 0 Å². The molecule has 0 aromatic carbocycles. The summed E-state index contributed by atoms with van der Waals surface area (Å²) < 4.78 is 0. The van der Waals surface area contributed by atoms with Crippen molar-refractivity contribution in [1.29, 1.82) is 0 Å². The number of carbonyl (C=O) groups is 1. The van der Waals surface area contributed by atoms with E-state index in [1.807, 2.05) is 17.9 Å². The van der Waals surface area contributed by atoms with Crippen molar-refractivity contribution in [2.45, 2.75) is 19.8 Å². The van der Waals surface area contributed by atoms with E-state index in [-0.39, 0.29) is 5.92 Å². The second-order valence-corrected chi connectivity index (χ2v) is 4.49. The van der Waals surface area contributed by atoms with Gasteiger partial charge in [-0.3, -0.25) is 4.79 Å². The smallest absolute Gasteiger partial charge is 0.308 e. The Bertz CT molecular complexity index is 434.